The van der Waals surface area contributed by atoms with Crippen molar-refractivity contribution in [3.05, 3.63) is 0 Å². The molecule has 1 heterocycles. The number of hydrogen-bond donors (Lipinski definition) is 1. The van der Waals surface area contributed by atoms with E-state index in [0.717, 1.165) is 13.0 Å². The fraction of sp³-hybridized carbons (Fsp3) is 0.933. The van der Waals surface area contributed by atoms with E-state index in [1.54, 1.807) is 0 Å². The fourth-order valence-electron chi connectivity index (χ4n) is 2.90. The minimum absolute atomic E-state index is 0.180. The first-order chi connectivity index (χ1) is 8.77. The zero-order valence-corrected chi connectivity index (χ0v) is 12.4. The molecule has 1 saturated carbocycles. The standard InChI is InChI=1S/C13H24N2O.C2H6/c1-11-7-5-6-10-15(11)13(16)14-12-8-3-2-4-9-12;1-2/h11-12H,2-10H2,1H3,(H,14,16);1-2H3. The van der Waals surface area contributed by atoms with Crippen molar-refractivity contribution in [1.82, 2.24) is 10.2 Å². The summed E-state index contributed by atoms with van der Waals surface area (Å²) in [5.41, 5.74) is 0. The number of likely N-dealkylation sites (tertiary alicyclic amines) is 1. The lowest BCUT2D eigenvalue weighted by molar-refractivity contribution is 0.152. The van der Waals surface area contributed by atoms with Gasteiger partial charge in [0.2, 0.25) is 0 Å². The molecule has 0 aromatic heterocycles. The van der Waals surface area contributed by atoms with Crippen LogP contribution < -0.4 is 5.32 Å². The summed E-state index contributed by atoms with van der Waals surface area (Å²) in [6.45, 7) is 7.11. The van der Waals surface area contributed by atoms with E-state index in [4.69, 9.17) is 0 Å². The predicted molar refractivity (Wildman–Crippen MR) is 76.8 cm³/mol. The minimum Gasteiger partial charge on any atom is -0.335 e. The van der Waals surface area contributed by atoms with Gasteiger partial charge in [-0.2, -0.15) is 0 Å². The fourth-order valence-corrected chi connectivity index (χ4v) is 2.90. The number of piperidine rings is 1. The van der Waals surface area contributed by atoms with Gasteiger partial charge in [0.05, 0.1) is 0 Å². The second-order valence-electron chi connectivity index (χ2n) is 5.32. The maximum Gasteiger partial charge on any atom is 0.317 e. The predicted octanol–water partition coefficient (Wildman–Crippen LogP) is 3.93. The molecule has 3 heteroatoms. The van der Waals surface area contributed by atoms with Crippen LogP contribution in [0.1, 0.15) is 72.1 Å². The molecular formula is C15H30N2O. The number of amides is 2. The Kier molecular flexibility index (Phi) is 7.14. The van der Waals surface area contributed by atoms with Crippen LogP contribution in [-0.2, 0) is 0 Å². The van der Waals surface area contributed by atoms with Crippen molar-refractivity contribution in [1.29, 1.82) is 0 Å². The highest BCUT2D eigenvalue weighted by Crippen LogP contribution is 2.20. The molecule has 18 heavy (non-hydrogen) atoms. The Labute approximate surface area is 112 Å². The second kappa shape index (κ2) is 8.39. The summed E-state index contributed by atoms with van der Waals surface area (Å²) in [5, 5.41) is 3.21. The molecule has 0 aromatic carbocycles. The van der Waals surface area contributed by atoms with E-state index in [9.17, 15) is 4.79 Å². The smallest absolute Gasteiger partial charge is 0.317 e. The van der Waals surface area contributed by atoms with Crippen molar-refractivity contribution < 1.29 is 4.79 Å². The Morgan fingerprint density at radius 2 is 1.61 bits per heavy atom. The first kappa shape index (κ1) is 15.3. The third-order valence-corrected chi connectivity index (χ3v) is 4.00. The molecule has 2 amide bonds. The molecule has 106 valence electrons. The highest BCUT2D eigenvalue weighted by molar-refractivity contribution is 5.75. The highest BCUT2D eigenvalue weighted by Gasteiger charge is 2.25. The normalized spacial score (nSPS) is 25.1. The first-order valence-electron chi connectivity index (χ1n) is 7.84. The zero-order valence-electron chi connectivity index (χ0n) is 12.4. The quantitative estimate of drug-likeness (QED) is 0.755. The summed E-state index contributed by atoms with van der Waals surface area (Å²) >= 11 is 0. The number of nitrogens with zero attached hydrogens (tertiary/aromatic N) is 1. The van der Waals surface area contributed by atoms with Crippen LogP contribution in [0.3, 0.4) is 0 Å². The van der Waals surface area contributed by atoms with Crippen LogP contribution in [0, 0.1) is 0 Å². The molecular weight excluding hydrogens is 224 g/mol. The van der Waals surface area contributed by atoms with Crippen LogP contribution in [0.4, 0.5) is 4.79 Å². The molecule has 1 aliphatic carbocycles. The molecule has 1 saturated heterocycles. The Balaban J connectivity index is 0.000000771. The largest absolute Gasteiger partial charge is 0.335 e. The van der Waals surface area contributed by atoms with Gasteiger partial charge in [0.25, 0.3) is 0 Å². The summed E-state index contributed by atoms with van der Waals surface area (Å²) in [6.07, 6.45) is 9.85. The van der Waals surface area contributed by atoms with Gasteiger partial charge in [-0.3, -0.25) is 0 Å². The molecule has 2 aliphatic rings. The second-order valence-corrected chi connectivity index (χ2v) is 5.32. The topological polar surface area (TPSA) is 32.3 Å². The van der Waals surface area contributed by atoms with E-state index in [1.165, 1.54) is 44.9 Å². The SMILES string of the molecule is CC.CC1CCCCN1C(=O)NC1CCCCC1. The Morgan fingerprint density at radius 3 is 2.22 bits per heavy atom. The third kappa shape index (κ3) is 4.51. The molecule has 1 unspecified atom stereocenters. The van der Waals surface area contributed by atoms with Gasteiger partial charge in [0, 0.05) is 18.6 Å². The van der Waals surface area contributed by atoms with Gasteiger partial charge in [-0.15, -0.1) is 0 Å². The van der Waals surface area contributed by atoms with Crippen molar-refractivity contribution >= 4 is 6.03 Å². The molecule has 1 N–H and O–H groups in total. The van der Waals surface area contributed by atoms with Crippen molar-refractivity contribution in [3.8, 4) is 0 Å². The van der Waals surface area contributed by atoms with Crippen molar-refractivity contribution in [2.45, 2.75) is 84.2 Å². The van der Waals surface area contributed by atoms with Gasteiger partial charge in [0.15, 0.2) is 0 Å². The van der Waals surface area contributed by atoms with Gasteiger partial charge >= 0.3 is 6.03 Å². The molecule has 0 spiro atoms. The Bertz CT molecular complexity index is 237. The maximum atomic E-state index is 12.1. The number of urea groups is 1. The van der Waals surface area contributed by atoms with Gasteiger partial charge in [-0.05, 0) is 39.0 Å². The third-order valence-electron chi connectivity index (χ3n) is 4.00. The minimum atomic E-state index is 0.180. The van der Waals surface area contributed by atoms with E-state index in [1.807, 2.05) is 18.7 Å². The monoisotopic (exact) mass is 254 g/mol. The van der Waals surface area contributed by atoms with Crippen molar-refractivity contribution in [3.63, 3.8) is 0 Å². The van der Waals surface area contributed by atoms with E-state index >= 15 is 0 Å². The van der Waals surface area contributed by atoms with E-state index < -0.39 is 0 Å². The summed E-state index contributed by atoms with van der Waals surface area (Å²) in [6, 6.07) is 1.05. The van der Waals surface area contributed by atoms with Gasteiger partial charge in [-0.25, -0.2) is 4.79 Å². The lowest BCUT2D eigenvalue weighted by Crippen LogP contribution is -2.50. The van der Waals surface area contributed by atoms with E-state index in [2.05, 4.69) is 12.2 Å². The Morgan fingerprint density at radius 1 is 1.00 bits per heavy atom. The molecule has 2 rings (SSSR count). The molecule has 1 atom stereocenters. The van der Waals surface area contributed by atoms with Crippen LogP contribution in [0.25, 0.3) is 0 Å². The number of carbonyl (C=O) groups is 1. The maximum absolute atomic E-state index is 12.1. The van der Waals surface area contributed by atoms with Crippen LogP contribution in [0.15, 0.2) is 0 Å². The van der Waals surface area contributed by atoms with Gasteiger partial charge in [-0.1, -0.05) is 33.1 Å². The van der Waals surface area contributed by atoms with Crippen LogP contribution >= 0.6 is 0 Å². The Hall–Kier alpha value is -0.730. The summed E-state index contributed by atoms with van der Waals surface area (Å²) < 4.78 is 0. The molecule has 1 aliphatic heterocycles. The van der Waals surface area contributed by atoms with E-state index in [0.29, 0.717) is 12.1 Å². The van der Waals surface area contributed by atoms with Crippen LogP contribution in [-0.4, -0.2) is 29.6 Å². The van der Waals surface area contributed by atoms with Crippen molar-refractivity contribution in [2.75, 3.05) is 6.54 Å². The average molecular weight is 254 g/mol. The summed E-state index contributed by atoms with van der Waals surface area (Å²) in [4.78, 5) is 14.1. The number of hydrogen-bond acceptors (Lipinski definition) is 1. The van der Waals surface area contributed by atoms with Crippen LogP contribution in [0.5, 0.6) is 0 Å². The summed E-state index contributed by atoms with van der Waals surface area (Å²) in [5.74, 6) is 0. The van der Waals surface area contributed by atoms with Crippen molar-refractivity contribution in [2.24, 2.45) is 0 Å². The number of carbonyl (C=O) groups excluding carboxylic acids is 1. The van der Waals surface area contributed by atoms with Crippen LogP contribution in [0.2, 0.25) is 0 Å². The first-order valence-corrected chi connectivity index (χ1v) is 7.84. The lowest BCUT2D eigenvalue weighted by Gasteiger charge is -2.35. The molecule has 0 radical (unpaired) electrons. The summed E-state index contributed by atoms with van der Waals surface area (Å²) in [7, 11) is 0. The zero-order chi connectivity index (χ0) is 13.4. The van der Waals surface area contributed by atoms with E-state index in [-0.39, 0.29) is 6.03 Å². The van der Waals surface area contributed by atoms with Gasteiger partial charge < -0.3 is 10.2 Å². The molecule has 2 fully saturated rings. The molecule has 0 bridgehead atoms. The highest BCUT2D eigenvalue weighted by atomic mass is 16.2. The number of nitrogens with one attached hydrogen (secondary N) is 1. The molecule has 0 aromatic rings. The van der Waals surface area contributed by atoms with Gasteiger partial charge in [0.1, 0.15) is 0 Å². The average Bonchev–Trinajstić information content (AvgIpc) is 2.42. The number of rotatable bonds is 1. The lowest BCUT2D eigenvalue weighted by atomic mass is 9.95. The molecule has 3 nitrogen and oxygen atoms in total.